The molecule has 1 amide bonds. The Balaban J connectivity index is 1.71. The van der Waals surface area contributed by atoms with E-state index in [-0.39, 0.29) is 23.5 Å². The second-order valence-electron chi connectivity index (χ2n) is 7.99. The number of benzene rings is 1. The first-order valence-corrected chi connectivity index (χ1v) is 11.9. The smallest absolute Gasteiger partial charge is 0.274 e. The van der Waals surface area contributed by atoms with Gasteiger partial charge in [-0.05, 0) is 37.8 Å². The van der Waals surface area contributed by atoms with Crippen LogP contribution in [0.4, 0.5) is 0 Å². The van der Waals surface area contributed by atoms with Gasteiger partial charge >= 0.3 is 0 Å². The van der Waals surface area contributed by atoms with Crippen molar-refractivity contribution in [2.75, 3.05) is 24.6 Å². The summed E-state index contributed by atoms with van der Waals surface area (Å²) >= 11 is 0. The van der Waals surface area contributed by atoms with Crippen molar-refractivity contribution in [2.45, 2.75) is 45.1 Å². The predicted octanol–water partition coefficient (Wildman–Crippen LogP) is 3.23. The van der Waals surface area contributed by atoms with Gasteiger partial charge in [-0.1, -0.05) is 42.7 Å². The molecule has 6 nitrogen and oxygen atoms in total. The van der Waals surface area contributed by atoms with Gasteiger partial charge in [-0.3, -0.25) is 9.48 Å². The van der Waals surface area contributed by atoms with E-state index in [1.807, 2.05) is 42.2 Å². The molecule has 7 heteroatoms. The molecule has 2 fully saturated rings. The van der Waals surface area contributed by atoms with Crippen molar-refractivity contribution in [3.8, 4) is 11.3 Å². The molecule has 4 rings (SSSR count). The van der Waals surface area contributed by atoms with Gasteiger partial charge in [0.2, 0.25) is 0 Å². The quantitative estimate of drug-likeness (QED) is 0.792. The number of nitrogens with zero attached hydrogens (tertiary/aromatic N) is 3. The van der Waals surface area contributed by atoms with Crippen molar-refractivity contribution in [1.82, 2.24) is 14.7 Å². The minimum Gasteiger partial charge on any atom is -0.337 e. The summed E-state index contributed by atoms with van der Waals surface area (Å²) in [5, 5.41) is 4.62. The lowest BCUT2D eigenvalue weighted by molar-refractivity contribution is 0.0754. The Hall–Kier alpha value is -2.15. The number of amides is 1. The lowest BCUT2D eigenvalue weighted by Gasteiger charge is -2.18. The molecule has 0 saturated carbocycles. The van der Waals surface area contributed by atoms with E-state index >= 15 is 0 Å². The minimum atomic E-state index is -3.04. The third-order valence-electron chi connectivity index (χ3n) is 5.75. The molecule has 0 radical (unpaired) electrons. The molecular formula is C21H27N3O3S. The van der Waals surface area contributed by atoms with Crippen molar-refractivity contribution in [2.24, 2.45) is 0 Å². The molecule has 3 heterocycles. The second-order valence-corrected chi connectivity index (χ2v) is 10.2. The van der Waals surface area contributed by atoms with Crippen molar-refractivity contribution >= 4 is 15.7 Å². The van der Waals surface area contributed by atoms with E-state index in [2.05, 4.69) is 5.10 Å². The predicted molar refractivity (Wildman–Crippen MR) is 109 cm³/mol. The van der Waals surface area contributed by atoms with Crippen LogP contribution in [0, 0.1) is 6.92 Å². The van der Waals surface area contributed by atoms with E-state index in [1.165, 1.54) is 0 Å². The molecule has 2 aliphatic heterocycles. The first-order chi connectivity index (χ1) is 13.4. The Bertz CT molecular complexity index is 955. The number of likely N-dealkylation sites (tertiary alicyclic amines) is 1. The fraction of sp³-hybridized carbons (Fsp3) is 0.524. The highest BCUT2D eigenvalue weighted by Crippen LogP contribution is 2.30. The molecule has 150 valence electrons. The summed E-state index contributed by atoms with van der Waals surface area (Å²) in [6.07, 6.45) is 4.91. The summed E-state index contributed by atoms with van der Waals surface area (Å²) in [6, 6.07) is 9.68. The van der Waals surface area contributed by atoms with Crippen LogP contribution in [0.15, 0.2) is 30.3 Å². The first-order valence-electron chi connectivity index (χ1n) is 10.1. The maximum atomic E-state index is 13.1. The maximum absolute atomic E-state index is 13.1. The number of hydrogen-bond donors (Lipinski definition) is 0. The van der Waals surface area contributed by atoms with Crippen molar-refractivity contribution in [1.29, 1.82) is 0 Å². The van der Waals surface area contributed by atoms with Crippen LogP contribution in [-0.4, -0.2) is 53.6 Å². The largest absolute Gasteiger partial charge is 0.337 e. The van der Waals surface area contributed by atoms with Gasteiger partial charge in [0.25, 0.3) is 5.91 Å². The monoisotopic (exact) mass is 401 g/mol. The maximum Gasteiger partial charge on any atom is 0.274 e. The Kier molecular flexibility index (Phi) is 5.27. The van der Waals surface area contributed by atoms with Crippen LogP contribution in [0.3, 0.4) is 0 Å². The van der Waals surface area contributed by atoms with E-state index in [0.29, 0.717) is 12.1 Å². The molecule has 1 atom stereocenters. The van der Waals surface area contributed by atoms with Gasteiger partial charge in [0, 0.05) is 13.1 Å². The topological polar surface area (TPSA) is 72.3 Å². The van der Waals surface area contributed by atoms with E-state index in [1.54, 1.807) is 4.68 Å². The summed E-state index contributed by atoms with van der Waals surface area (Å²) in [5.41, 5.74) is 3.35. The van der Waals surface area contributed by atoms with Crippen LogP contribution in [0.2, 0.25) is 0 Å². The van der Waals surface area contributed by atoms with Gasteiger partial charge in [0.15, 0.2) is 15.5 Å². The summed E-state index contributed by atoms with van der Waals surface area (Å²) in [4.78, 5) is 15.0. The fourth-order valence-electron chi connectivity index (χ4n) is 4.12. The number of carbonyl (C=O) groups excluding carboxylic acids is 1. The summed E-state index contributed by atoms with van der Waals surface area (Å²) in [6.45, 7) is 3.56. The fourth-order valence-corrected chi connectivity index (χ4v) is 5.81. The van der Waals surface area contributed by atoms with Crippen LogP contribution in [0.5, 0.6) is 0 Å². The number of aryl methyl sites for hydroxylation is 1. The van der Waals surface area contributed by atoms with Crippen LogP contribution in [0.25, 0.3) is 11.3 Å². The Morgan fingerprint density at radius 3 is 2.36 bits per heavy atom. The summed E-state index contributed by atoms with van der Waals surface area (Å²) < 4.78 is 25.8. The number of hydrogen-bond acceptors (Lipinski definition) is 4. The molecule has 1 aromatic carbocycles. The molecule has 2 aromatic rings. The van der Waals surface area contributed by atoms with Gasteiger partial charge in [0.05, 0.1) is 23.2 Å². The average Bonchev–Trinajstić information content (AvgIpc) is 3.15. The first kappa shape index (κ1) is 19.2. The molecule has 0 bridgehead atoms. The highest BCUT2D eigenvalue weighted by molar-refractivity contribution is 7.91. The molecule has 2 aliphatic rings. The number of carbonyl (C=O) groups is 1. The standard InChI is InChI=1S/C21H27N3O3S/c1-16-6-8-17(9-7-16)20-14-19(21(25)23-11-4-2-3-5-12-23)22-24(20)18-10-13-28(26,27)15-18/h6-9,14,18H,2-5,10-13,15H2,1H3/t18-/m0/s1. The van der Waals surface area contributed by atoms with Crippen molar-refractivity contribution in [3.05, 3.63) is 41.6 Å². The minimum absolute atomic E-state index is 0.0464. The van der Waals surface area contributed by atoms with Gasteiger partial charge in [-0.2, -0.15) is 5.10 Å². The SMILES string of the molecule is Cc1ccc(-c2cc(C(=O)N3CCCCCC3)nn2[C@H]2CCS(=O)(=O)C2)cc1. The molecule has 0 N–H and O–H groups in total. The molecule has 2 saturated heterocycles. The number of sulfone groups is 1. The molecule has 0 aliphatic carbocycles. The highest BCUT2D eigenvalue weighted by atomic mass is 32.2. The van der Waals surface area contributed by atoms with Crippen molar-refractivity contribution in [3.63, 3.8) is 0 Å². The summed E-state index contributed by atoms with van der Waals surface area (Å²) in [5.74, 6) is 0.223. The third-order valence-corrected chi connectivity index (χ3v) is 7.50. The Labute approximate surface area is 166 Å². The van der Waals surface area contributed by atoms with E-state index in [9.17, 15) is 13.2 Å². The van der Waals surface area contributed by atoms with E-state index in [4.69, 9.17) is 0 Å². The zero-order chi connectivity index (χ0) is 19.7. The van der Waals surface area contributed by atoms with Crippen LogP contribution in [-0.2, 0) is 9.84 Å². The molecule has 28 heavy (non-hydrogen) atoms. The second kappa shape index (κ2) is 7.70. The van der Waals surface area contributed by atoms with E-state index < -0.39 is 9.84 Å². The van der Waals surface area contributed by atoms with Crippen molar-refractivity contribution < 1.29 is 13.2 Å². The van der Waals surface area contributed by atoms with Gasteiger partial charge < -0.3 is 4.90 Å². The lowest BCUT2D eigenvalue weighted by Crippen LogP contribution is -2.32. The Morgan fingerprint density at radius 2 is 1.75 bits per heavy atom. The van der Waals surface area contributed by atoms with Crippen LogP contribution in [0.1, 0.15) is 54.2 Å². The van der Waals surface area contributed by atoms with Crippen LogP contribution < -0.4 is 0 Å². The van der Waals surface area contributed by atoms with Gasteiger partial charge in [-0.25, -0.2) is 8.42 Å². The zero-order valence-electron chi connectivity index (χ0n) is 16.3. The highest BCUT2D eigenvalue weighted by Gasteiger charge is 2.32. The average molecular weight is 402 g/mol. The van der Waals surface area contributed by atoms with E-state index in [0.717, 1.165) is 55.6 Å². The van der Waals surface area contributed by atoms with Crippen LogP contribution >= 0.6 is 0 Å². The third kappa shape index (κ3) is 3.99. The number of rotatable bonds is 3. The van der Waals surface area contributed by atoms with Gasteiger partial charge in [0.1, 0.15) is 0 Å². The van der Waals surface area contributed by atoms with Gasteiger partial charge in [-0.15, -0.1) is 0 Å². The zero-order valence-corrected chi connectivity index (χ0v) is 17.1. The molecule has 0 unspecified atom stereocenters. The summed E-state index contributed by atoms with van der Waals surface area (Å²) in [7, 11) is -3.04. The molecule has 1 aromatic heterocycles. The molecular weight excluding hydrogens is 374 g/mol. The normalized spacial score (nSPS) is 22.2. The lowest BCUT2D eigenvalue weighted by atomic mass is 10.1. The number of aromatic nitrogens is 2. The molecule has 0 spiro atoms. The Morgan fingerprint density at radius 1 is 1.07 bits per heavy atom.